The molecular weight excluding hydrogens is 468 g/mol. The number of urea groups is 1. The number of ether oxygens (including phenoxy) is 1. The summed E-state index contributed by atoms with van der Waals surface area (Å²) in [5, 5.41) is 5.55. The van der Waals surface area contributed by atoms with Gasteiger partial charge in [0.25, 0.3) is 0 Å². The van der Waals surface area contributed by atoms with E-state index in [0.29, 0.717) is 62.3 Å². The molecule has 2 N–H and O–H groups in total. The van der Waals surface area contributed by atoms with Crippen LogP contribution in [0.3, 0.4) is 0 Å². The van der Waals surface area contributed by atoms with Crippen LogP contribution in [-0.4, -0.2) is 82.1 Å². The molecule has 1 aliphatic heterocycles. The molecule has 11 heteroatoms. The van der Waals surface area contributed by atoms with Crippen molar-refractivity contribution in [2.45, 2.75) is 37.0 Å². The molecule has 1 aromatic carbocycles. The van der Waals surface area contributed by atoms with E-state index in [0.717, 1.165) is 12.0 Å². The zero-order chi connectivity index (χ0) is 25.2. The summed E-state index contributed by atoms with van der Waals surface area (Å²) in [5.74, 6) is 1.18. The number of sulfone groups is 1. The van der Waals surface area contributed by atoms with Crippen molar-refractivity contribution in [3.63, 3.8) is 0 Å². The molecule has 10 nitrogen and oxygen atoms in total. The maximum atomic E-state index is 12.8. The van der Waals surface area contributed by atoms with Gasteiger partial charge in [0, 0.05) is 30.1 Å². The number of anilines is 2. The largest absolute Gasteiger partial charge is 0.377 e. The van der Waals surface area contributed by atoms with Crippen LogP contribution in [0.5, 0.6) is 0 Å². The summed E-state index contributed by atoms with van der Waals surface area (Å²) in [7, 11) is 0.371. The van der Waals surface area contributed by atoms with Crippen LogP contribution in [0.1, 0.15) is 31.9 Å². The molecule has 35 heavy (non-hydrogen) atoms. The lowest BCUT2D eigenvalue weighted by Crippen LogP contribution is -2.45. The number of hydrogen-bond acceptors (Lipinski definition) is 8. The summed E-state index contributed by atoms with van der Waals surface area (Å²) in [5.41, 5.74) is 1.93. The normalized spacial score (nSPS) is 19.8. The fourth-order valence-corrected chi connectivity index (χ4v) is 5.95. The number of carbonyl (C=O) groups is 1. The highest BCUT2D eigenvalue weighted by molar-refractivity contribution is 7.91. The van der Waals surface area contributed by atoms with E-state index >= 15 is 0 Å². The zero-order valence-corrected chi connectivity index (χ0v) is 21.6. The Bertz CT molecular complexity index is 1170. The molecule has 2 aliphatic rings. The van der Waals surface area contributed by atoms with Gasteiger partial charge in [0.05, 0.1) is 31.6 Å². The fraction of sp³-hybridized carbons (Fsp3) is 0.542. The van der Waals surface area contributed by atoms with Crippen LogP contribution < -0.4 is 15.5 Å². The average molecular weight is 503 g/mol. The third-order valence-electron chi connectivity index (χ3n) is 6.67. The molecule has 190 valence electrons. The first-order chi connectivity index (χ1) is 16.6. The smallest absolute Gasteiger partial charge is 0.320 e. The highest BCUT2D eigenvalue weighted by Gasteiger charge is 2.49. The maximum Gasteiger partial charge on any atom is 0.320 e. The van der Waals surface area contributed by atoms with Gasteiger partial charge in [-0.3, -0.25) is 4.90 Å². The number of carbonyl (C=O) groups excluding carboxylic acids is 1. The summed E-state index contributed by atoms with van der Waals surface area (Å²) < 4.78 is 30.3. The first kappa shape index (κ1) is 25.3. The molecule has 0 unspecified atom stereocenters. The number of amides is 2. The first-order valence-electron chi connectivity index (χ1n) is 11.8. The zero-order valence-electron chi connectivity index (χ0n) is 20.7. The van der Waals surface area contributed by atoms with Crippen molar-refractivity contribution in [2.24, 2.45) is 0 Å². The van der Waals surface area contributed by atoms with Crippen LogP contribution in [-0.2, 0) is 19.3 Å². The molecule has 1 aliphatic carbocycles. The van der Waals surface area contributed by atoms with Crippen molar-refractivity contribution >= 4 is 27.4 Å². The van der Waals surface area contributed by atoms with Crippen molar-refractivity contribution in [3.8, 4) is 11.4 Å². The average Bonchev–Trinajstić information content (AvgIpc) is 2.76. The van der Waals surface area contributed by atoms with Crippen molar-refractivity contribution in [1.29, 1.82) is 0 Å². The second kappa shape index (κ2) is 10.1. The molecule has 1 saturated carbocycles. The highest BCUT2D eigenvalue weighted by atomic mass is 32.2. The molecule has 1 saturated heterocycles. The lowest BCUT2D eigenvalue weighted by molar-refractivity contribution is 0.0985. The van der Waals surface area contributed by atoms with Crippen LogP contribution in [0.15, 0.2) is 30.3 Å². The van der Waals surface area contributed by atoms with Gasteiger partial charge in [0.15, 0.2) is 15.7 Å². The number of rotatable bonds is 7. The highest BCUT2D eigenvalue weighted by Crippen LogP contribution is 2.48. The summed E-state index contributed by atoms with van der Waals surface area (Å²) in [6.45, 7) is 4.34. The molecule has 2 amide bonds. The number of nitrogens with one attached hydrogen (secondary N) is 2. The number of aromatic nitrogens is 2. The number of nitrogens with zero attached hydrogens (tertiary/aromatic N) is 4. The van der Waals surface area contributed by atoms with Gasteiger partial charge < -0.3 is 20.3 Å². The van der Waals surface area contributed by atoms with Gasteiger partial charge in [0.2, 0.25) is 0 Å². The topological polar surface area (TPSA) is 117 Å². The Morgan fingerprint density at radius 3 is 2.51 bits per heavy atom. The summed E-state index contributed by atoms with van der Waals surface area (Å²) >= 11 is 0. The Morgan fingerprint density at radius 1 is 1.23 bits per heavy atom. The van der Waals surface area contributed by atoms with Gasteiger partial charge in [-0.15, -0.1) is 0 Å². The van der Waals surface area contributed by atoms with Crippen LogP contribution in [0.4, 0.5) is 16.3 Å². The van der Waals surface area contributed by atoms with E-state index in [2.05, 4.69) is 22.5 Å². The van der Waals surface area contributed by atoms with E-state index in [1.54, 1.807) is 12.1 Å². The van der Waals surface area contributed by atoms with E-state index in [-0.39, 0.29) is 12.1 Å². The van der Waals surface area contributed by atoms with Gasteiger partial charge in [-0.1, -0.05) is 0 Å². The summed E-state index contributed by atoms with van der Waals surface area (Å²) in [6.07, 6.45) is 3.27. The Labute approximate surface area is 207 Å². The molecule has 1 atom stereocenters. The van der Waals surface area contributed by atoms with Gasteiger partial charge in [-0.25, -0.2) is 23.2 Å². The Hall–Kier alpha value is -2.76. The minimum absolute atomic E-state index is 0.113. The quantitative estimate of drug-likeness (QED) is 0.555. The maximum absolute atomic E-state index is 12.8. The van der Waals surface area contributed by atoms with E-state index in [1.165, 1.54) is 6.26 Å². The van der Waals surface area contributed by atoms with Crippen LogP contribution >= 0.6 is 0 Å². The third-order valence-corrected chi connectivity index (χ3v) is 8.71. The minimum Gasteiger partial charge on any atom is -0.377 e. The Kier molecular flexibility index (Phi) is 7.30. The third kappa shape index (κ3) is 5.41. The predicted octanol–water partition coefficient (Wildman–Crippen LogP) is 2.43. The molecule has 0 bridgehead atoms. The second-order valence-corrected chi connectivity index (χ2v) is 11.9. The molecule has 0 spiro atoms. The Morgan fingerprint density at radius 2 is 1.94 bits per heavy atom. The van der Waals surface area contributed by atoms with Gasteiger partial charge in [-0.05, 0) is 64.5 Å². The number of morpholine rings is 1. The Balaban J connectivity index is 1.67. The van der Waals surface area contributed by atoms with Crippen molar-refractivity contribution in [2.75, 3.05) is 57.0 Å². The standard InChI is InChI=1S/C24H34N6O4S/c1-17-15-34-13-12-30(17)21-14-20(24(10-5-11-24)35(4,32)33)27-22(28-21)18-6-8-19(9-7-18)26-23(31)25-16-29(2)3/h6-9,14,17H,5,10-13,15-16H2,1-4H3,(H2,25,26,31)/t17-/m0/s1. The molecule has 2 heterocycles. The lowest BCUT2D eigenvalue weighted by atomic mass is 9.81. The van der Waals surface area contributed by atoms with E-state index in [9.17, 15) is 13.2 Å². The van der Waals surface area contributed by atoms with E-state index in [4.69, 9.17) is 14.7 Å². The summed E-state index contributed by atoms with van der Waals surface area (Å²) in [4.78, 5) is 25.7. The monoisotopic (exact) mass is 502 g/mol. The number of hydrogen-bond donors (Lipinski definition) is 2. The second-order valence-electron chi connectivity index (χ2n) is 9.62. The van der Waals surface area contributed by atoms with Crippen LogP contribution in [0.25, 0.3) is 11.4 Å². The molecule has 2 aromatic rings. The van der Waals surface area contributed by atoms with E-state index in [1.807, 2.05) is 37.2 Å². The van der Waals surface area contributed by atoms with Gasteiger partial charge in [0.1, 0.15) is 10.6 Å². The minimum atomic E-state index is -3.36. The predicted molar refractivity (Wildman–Crippen MR) is 136 cm³/mol. The van der Waals surface area contributed by atoms with Gasteiger partial charge >= 0.3 is 6.03 Å². The molecule has 4 rings (SSSR count). The first-order valence-corrected chi connectivity index (χ1v) is 13.7. The molecule has 1 aromatic heterocycles. The van der Waals surface area contributed by atoms with E-state index < -0.39 is 14.6 Å². The van der Waals surface area contributed by atoms with Gasteiger partial charge in [-0.2, -0.15) is 0 Å². The molecule has 0 radical (unpaired) electrons. The van der Waals surface area contributed by atoms with Crippen molar-refractivity contribution in [3.05, 3.63) is 36.0 Å². The SMILES string of the molecule is C[C@H]1COCCN1c1cc(C2(S(C)(=O)=O)CCC2)nc(-c2ccc(NC(=O)NCN(C)C)cc2)n1. The van der Waals surface area contributed by atoms with Crippen molar-refractivity contribution < 1.29 is 17.9 Å². The van der Waals surface area contributed by atoms with Crippen molar-refractivity contribution in [1.82, 2.24) is 20.2 Å². The fourth-order valence-electron chi connectivity index (χ4n) is 4.43. The number of benzene rings is 1. The molecular formula is C24H34N6O4S. The lowest BCUT2D eigenvalue weighted by Gasteiger charge is -2.40. The van der Waals surface area contributed by atoms with Crippen LogP contribution in [0.2, 0.25) is 0 Å². The molecule has 2 fully saturated rings. The summed E-state index contributed by atoms with van der Waals surface area (Å²) in [6, 6.07) is 8.90. The van der Waals surface area contributed by atoms with Crippen LogP contribution in [0, 0.1) is 0 Å².